The van der Waals surface area contributed by atoms with Crippen LogP contribution in [0, 0.1) is 5.41 Å². The maximum Gasteiger partial charge on any atom is 0.407 e. The van der Waals surface area contributed by atoms with Crippen LogP contribution in [0.4, 0.5) is 22.2 Å². The number of rotatable bonds is 4. The third kappa shape index (κ3) is 5.20. The van der Waals surface area contributed by atoms with Crippen LogP contribution in [0.5, 0.6) is 0 Å². The Kier molecular flexibility index (Phi) is 6.07. The minimum Gasteiger partial charge on any atom is -0.465 e. The summed E-state index contributed by atoms with van der Waals surface area (Å²) in [6.45, 7) is 10.3. The number of ether oxygens (including phenoxy) is 1. The molecule has 2 aliphatic heterocycles. The lowest BCUT2D eigenvalue weighted by Crippen LogP contribution is -2.54. The Balaban J connectivity index is 1.71. The van der Waals surface area contributed by atoms with Crippen molar-refractivity contribution < 1.29 is 14.6 Å². The fraction of sp³-hybridized carbons (Fsp3) is 0.750. The highest BCUT2D eigenvalue weighted by molar-refractivity contribution is 5.66. The Morgan fingerprint density at radius 3 is 2.69 bits per heavy atom. The van der Waals surface area contributed by atoms with E-state index in [-0.39, 0.29) is 23.0 Å². The van der Waals surface area contributed by atoms with Crippen molar-refractivity contribution in [3.05, 3.63) is 6.20 Å². The van der Waals surface area contributed by atoms with Gasteiger partial charge in [-0.3, -0.25) is 0 Å². The van der Waals surface area contributed by atoms with E-state index in [9.17, 15) is 9.90 Å². The summed E-state index contributed by atoms with van der Waals surface area (Å²) in [5.41, 5.74) is 6.36. The summed E-state index contributed by atoms with van der Waals surface area (Å²) >= 11 is 0. The Morgan fingerprint density at radius 2 is 2.07 bits per heavy atom. The highest BCUT2D eigenvalue weighted by Crippen LogP contribution is 2.34. The van der Waals surface area contributed by atoms with Crippen molar-refractivity contribution >= 4 is 23.5 Å². The zero-order chi connectivity index (χ0) is 21.2. The second kappa shape index (κ2) is 8.22. The van der Waals surface area contributed by atoms with E-state index >= 15 is 0 Å². The first-order valence-electron chi connectivity index (χ1n) is 10.3. The number of piperidine rings is 1. The first-order valence-corrected chi connectivity index (χ1v) is 10.3. The number of carbonyl (C=O) groups is 1. The number of nitrogens with two attached hydrogens (primary N) is 1. The molecule has 2 fully saturated rings. The Bertz CT molecular complexity index is 729. The van der Waals surface area contributed by atoms with Crippen LogP contribution in [0.2, 0.25) is 0 Å². The number of likely N-dealkylation sites (tertiary alicyclic amines) is 1. The second-order valence-corrected chi connectivity index (χ2v) is 9.52. The summed E-state index contributed by atoms with van der Waals surface area (Å²) in [7, 11) is 0. The number of hydrogen-bond acceptors (Lipinski definition) is 7. The Hall–Kier alpha value is -2.29. The molecular weight excluding hydrogens is 372 g/mol. The van der Waals surface area contributed by atoms with Gasteiger partial charge in [0, 0.05) is 37.4 Å². The molecule has 2 aliphatic rings. The number of nitrogen functional groups attached to an aromatic ring is 1. The maximum atomic E-state index is 11.6. The van der Waals surface area contributed by atoms with Gasteiger partial charge in [-0.2, -0.15) is 4.98 Å². The molecule has 0 aromatic carbocycles. The topological polar surface area (TPSA) is 126 Å². The molecule has 1 aromatic rings. The van der Waals surface area contributed by atoms with Gasteiger partial charge in [0.2, 0.25) is 5.95 Å². The normalized spacial score (nSPS) is 24.8. The van der Waals surface area contributed by atoms with Crippen molar-refractivity contribution in [2.24, 2.45) is 5.41 Å². The first kappa shape index (κ1) is 21.4. The third-order valence-electron chi connectivity index (χ3n) is 6.02. The summed E-state index contributed by atoms with van der Waals surface area (Å²) < 4.78 is 5.45. The standard InChI is InChI=1S/C20H34N6O3/c1-19(2,3)15-11-13(5-8-26(15)18(27)28)23-16-14(21)12-22-17(24-16)25-20(4)6-9-29-10-7-20/h12-13,15H,5-11,21H2,1-4H3,(H,27,28)(H2,22,23,24,25). The summed E-state index contributed by atoms with van der Waals surface area (Å²) in [5, 5.41) is 16.4. The molecule has 0 bridgehead atoms. The molecule has 0 spiro atoms. The number of nitrogens with zero attached hydrogens (tertiary/aromatic N) is 3. The second-order valence-electron chi connectivity index (χ2n) is 9.52. The van der Waals surface area contributed by atoms with Crippen LogP contribution in [-0.4, -0.2) is 63.4 Å². The van der Waals surface area contributed by atoms with Gasteiger partial charge in [0.1, 0.15) is 0 Å². The molecule has 9 heteroatoms. The molecule has 9 nitrogen and oxygen atoms in total. The van der Waals surface area contributed by atoms with E-state index in [2.05, 4.69) is 48.3 Å². The van der Waals surface area contributed by atoms with Gasteiger partial charge in [0.25, 0.3) is 0 Å². The van der Waals surface area contributed by atoms with Gasteiger partial charge < -0.3 is 31.1 Å². The quantitative estimate of drug-likeness (QED) is 0.601. The zero-order valence-corrected chi connectivity index (χ0v) is 17.9. The molecule has 0 aliphatic carbocycles. The monoisotopic (exact) mass is 406 g/mol. The van der Waals surface area contributed by atoms with Crippen molar-refractivity contribution in [3.63, 3.8) is 0 Å². The molecule has 5 N–H and O–H groups in total. The molecule has 29 heavy (non-hydrogen) atoms. The molecule has 1 aromatic heterocycles. The smallest absolute Gasteiger partial charge is 0.407 e. The predicted octanol–water partition coefficient (Wildman–Crippen LogP) is 3.01. The highest BCUT2D eigenvalue weighted by atomic mass is 16.5. The van der Waals surface area contributed by atoms with Crippen LogP contribution in [0.25, 0.3) is 0 Å². The molecule has 0 radical (unpaired) electrons. The van der Waals surface area contributed by atoms with Gasteiger partial charge >= 0.3 is 6.09 Å². The SMILES string of the molecule is CC1(Nc2ncc(N)c(NC3CCN(C(=O)O)C(C(C)(C)C)C3)n2)CCOCC1. The van der Waals surface area contributed by atoms with Gasteiger partial charge in [0.15, 0.2) is 5.82 Å². The van der Waals surface area contributed by atoms with Crippen molar-refractivity contribution in [2.45, 2.75) is 71.0 Å². The van der Waals surface area contributed by atoms with Crippen LogP contribution >= 0.6 is 0 Å². The lowest BCUT2D eigenvalue weighted by atomic mass is 9.79. The van der Waals surface area contributed by atoms with Crippen molar-refractivity contribution in [1.82, 2.24) is 14.9 Å². The summed E-state index contributed by atoms with van der Waals surface area (Å²) in [5.74, 6) is 1.14. The summed E-state index contributed by atoms with van der Waals surface area (Å²) in [4.78, 5) is 22.2. The van der Waals surface area contributed by atoms with Crippen LogP contribution in [0.3, 0.4) is 0 Å². The van der Waals surface area contributed by atoms with Crippen LogP contribution in [-0.2, 0) is 4.74 Å². The number of carboxylic acid groups (broad SMARTS) is 1. The first-order chi connectivity index (χ1) is 13.6. The largest absolute Gasteiger partial charge is 0.465 e. The molecule has 162 valence electrons. The van der Waals surface area contributed by atoms with E-state index in [4.69, 9.17) is 10.5 Å². The predicted molar refractivity (Wildman–Crippen MR) is 113 cm³/mol. The fourth-order valence-corrected chi connectivity index (χ4v) is 4.12. The van der Waals surface area contributed by atoms with Gasteiger partial charge in [-0.05, 0) is 38.0 Å². The van der Waals surface area contributed by atoms with Gasteiger partial charge in [0.05, 0.1) is 11.9 Å². The van der Waals surface area contributed by atoms with Gasteiger partial charge in [-0.25, -0.2) is 9.78 Å². The molecular formula is C20H34N6O3. The molecule has 3 heterocycles. The van der Waals surface area contributed by atoms with Crippen LogP contribution < -0.4 is 16.4 Å². The molecule has 2 saturated heterocycles. The molecule has 2 unspecified atom stereocenters. The zero-order valence-electron chi connectivity index (χ0n) is 17.9. The number of aromatic nitrogens is 2. The average molecular weight is 407 g/mol. The number of amides is 1. The number of nitrogens with one attached hydrogen (secondary N) is 2. The molecule has 1 amide bonds. The lowest BCUT2D eigenvalue weighted by Gasteiger charge is -2.44. The lowest BCUT2D eigenvalue weighted by molar-refractivity contribution is 0.0557. The number of anilines is 3. The van der Waals surface area contributed by atoms with Gasteiger partial charge in [-0.15, -0.1) is 0 Å². The van der Waals surface area contributed by atoms with E-state index in [1.807, 2.05) is 0 Å². The van der Waals surface area contributed by atoms with E-state index in [0.29, 0.717) is 36.8 Å². The highest BCUT2D eigenvalue weighted by Gasteiger charge is 2.39. The van der Waals surface area contributed by atoms with E-state index < -0.39 is 6.09 Å². The maximum absolute atomic E-state index is 11.6. The molecule has 2 atom stereocenters. The average Bonchev–Trinajstić information content (AvgIpc) is 2.64. The van der Waals surface area contributed by atoms with Crippen LogP contribution in [0.15, 0.2) is 6.20 Å². The van der Waals surface area contributed by atoms with Crippen molar-refractivity contribution in [3.8, 4) is 0 Å². The van der Waals surface area contributed by atoms with E-state index in [0.717, 1.165) is 26.1 Å². The minimum absolute atomic E-state index is 0.0759. The van der Waals surface area contributed by atoms with Crippen molar-refractivity contribution in [2.75, 3.05) is 36.1 Å². The fourth-order valence-electron chi connectivity index (χ4n) is 4.12. The summed E-state index contributed by atoms with van der Waals surface area (Å²) in [6.07, 6.45) is 3.96. The molecule has 3 rings (SSSR count). The van der Waals surface area contributed by atoms with Gasteiger partial charge in [-0.1, -0.05) is 20.8 Å². The van der Waals surface area contributed by atoms with Crippen LogP contribution in [0.1, 0.15) is 53.4 Å². The Morgan fingerprint density at radius 1 is 1.38 bits per heavy atom. The number of hydrogen-bond donors (Lipinski definition) is 4. The Labute approximate surface area is 172 Å². The van der Waals surface area contributed by atoms with E-state index in [1.165, 1.54) is 0 Å². The molecule has 0 saturated carbocycles. The van der Waals surface area contributed by atoms with E-state index in [1.54, 1.807) is 11.1 Å². The summed E-state index contributed by atoms with van der Waals surface area (Å²) in [6, 6.07) is 0.0200. The third-order valence-corrected chi connectivity index (χ3v) is 6.02. The minimum atomic E-state index is -0.860. The van der Waals surface area contributed by atoms with Crippen molar-refractivity contribution in [1.29, 1.82) is 0 Å².